The number of halogens is 1. The highest BCUT2D eigenvalue weighted by molar-refractivity contribution is 9.09. The molecule has 0 radical (unpaired) electrons. The Morgan fingerprint density at radius 2 is 2.31 bits per heavy atom. The van der Waals surface area contributed by atoms with Crippen LogP contribution in [-0.4, -0.2) is 40.4 Å². The average molecular weight is 292 g/mol. The van der Waals surface area contributed by atoms with Crippen molar-refractivity contribution in [3.05, 3.63) is 0 Å². The molecule has 2 unspecified atom stereocenters. The molecule has 0 aromatic heterocycles. The highest BCUT2D eigenvalue weighted by Gasteiger charge is 2.23. The van der Waals surface area contributed by atoms with Crippen LogP contribution in [0.25, 0.3) is 0 Å². The molecule has 1 aliphatic heterocycles. The van der Waals surface area contributed by atoms with Crippen molar-refractivity contribution in [1.29, 1.82) is 0 Å². The van der Waals surface area contributed by atoms with Crippen molar-refractivity contribution >= 4 is 21.8 Å². The molecule has 0 saturated carbocycles. The first-order valence-electron chi connectivity index (χ1n) is 6.19. The van der Waals surface area contributed by atoms with Gasteiger partial charge in [0, 0.05) is 24.8 Å². The van der Waals surface area contributed by atoms with E-state index < -0.39 is 6.10 Å². The number of aliphatic hydroxyl groups excluding tert-OH is 1. The van der Waals surface area contributed by atoms with E-state index in [2.05, 4.69) is 22.9 Å². The number of carbonyl (C=O) groups is 1. The number of amides is 1. The Hall–Kier alpha value is -0.0900. The highest BCUT2D eigenvalue weighted by Crippen LogP contribution is 2.22. The number of carbonyl (C=O) groups excluding carboxylic acids is 1. The number of β-amino-alcohol motifs (C(OH)–C–C–N with tert-alkyl or cyclic N) is 1. The zero-order valence-corrected chi connectivity index (χ0v) is 11.6. The van der Waals surface area contributed by atoms with Gasteiger partial charge in [-0.05, 0) is 18.8 Å². The Morgan fingerprint density at radius 1 is 1.56 bits per heavy atom. The van der Waals surface area contributed by atoms with Crippen LogP contribution in [0.5, 0.6) is 0 Å². The van der Waals surface area contributed by atoms with Gasteiger partial charge in [-0.25, -0.2) is 0 Å². The molecule has 0 spiro atoms. The number of hydrogen-bond donors (Lipinski definition) is 1. The minimum Gasteiger partial charge on any atom is -0.390 e. The van der Waals surface area contributed by atoms with Crippen molar-refractivity contribution in [2.45, 2.75) is 45.1 Å². The van der Waals surface area contributed by atoms with Gasteiger partial charge in [0.25, 0.3) is 0 Å². The van der Waals surface area contributed by atoms with E-state index in [9.17, 15) is 9.90 Å². The van der Waals surface area contributed by atoms with Crippen molar-refractivity contribution in [2.75, 3.05) is 18.4 Å². The lowest BCUT2D eigenvalue weighted by Crippen LogP contribution is -2.37. The molecule has 1 rings (SSSR count). The molecule has 1 N–H and O–H groups in total. The molecule has 1 saturated heterocycles. The van der Waals surface area contributed by atoms with E-state index in [1.54, 1.807) is 0 Å². The lowest BCUT2D eigenvalue weighted by atomic mass is 9.96. The summed E-state index contributed by atoms with van der Waals surface area (Å²) in [6, 6.07) is 0. The van der Waals surface area contributed by atoms with Gasteiger partial charge in [0.15, 0.2) is 0 Å². The van der Waals surface area contributed by atoms with Crippen molar-refractivity contribution in [2.24, 2.45) is 5.92 Å². The predicted molar refractivity (Wildman–Crippen MR) is 68.6 cm³/mol. The summed E-state index contributed by atoms with van der Waals surface area (Å²) < 4.78 is 0. The molecular weight excluding hydrogens is 270 g/mol. The summed E-state index contributed by atoms with van der Waals surface area (Å²) >= 11 is 3.23. The topological polar surface area (TPSA) is 40.5 Å². The largest absolute Gasteiger partial charge is 0.390 e. The van der Waals surface area contributed by atoms with Gasteiger partial charge in [-0.2, -0.15) is 0 Å². The lowest BCUT2D eigenvalue weighted by molar-refractivity contribution is -0.131. The van der Waals surface area contributed by atoms with Crippen molar-refractivity contribution < 1.29 is 9.90 Å². The lowest BCUT2D eigenvalue weighted by Gasteiger charge is -2.23. The van der Waals surface area contributed by atoms with E-state index in [-0.39, 0.29) is 5.91 Å². The van der Waals surface area contributed by atoms with Gasteiger partial charge in [0.2, 0.25) is 5.91 Å². The van der Waals surface area contributed by atoms with Crippen LogP contribution >= 0.6 is 15.9 Å². The normalized spacial score (nSPS) is 24.3. The zero-order valence-electron chi connectivity index (χ0n) is 9.99. The van der Waals surface area contributed by atoms with Gasteiger partial charge in [-0.15, -0.1) is 0 Å². The van der Waals surface area contributed by atoms with Crippen molar-refractivity contribution in [1.82, 2.24) is 4.90 Å². The molecule has 0 bridgehead atoms. The van der Waals surface area contributed by atoms with Gasteiger partial charge >= 0.3 is 0 Å². The first-order chi connectivity index (χ1) is 7.67. The SMILES string of the molecule is CCCC1CCC(=O)N(CC(O)CBr)CC1. The summed E-state index contributed by atoms with van der Waals surface area (Å²) in [6.45, 7) is 3.48. The molecular formula is C12H22BrNO2. The van der Waals surface area contributed by atoms with Crippen LogP contribution in [-0.2, 0) is 4.79 Å². The zero-order chi connectivity index (χ0) is 12.0. The Labute approximate surface area is 106 Å². The number of alkyl halides is 1. The van der Waals surface area contributed by atoms with Crippen LogP contribution in [0.2, 0.25) is 0 Å². The summed E-state index contributed by atoms with van der Waals surface area (Å²) in [6.07, 6.45) is 4.75. The molecule has 3 nitrogen and oxygen atoms in total. The number of aliphatic hydroxyl groups is 1. The smallest absolute Gasteiger partial charge is 0.222 e. The average Bonchev–Trinajstić information content (AvgIpc) is 2.44. The third-order valence-electron chi connectivity index (χ3n) is 3.23. The van der Waals surface area contributed by atoms with Gasteiger partial charge in [-0.1, -0.05) is 35.7 Å². The Kier molecular flexibility index (Phi) is 6.36. The predicted octanol–water partition coefficient (Wildman–Crippen LogP) is 2.17. The quantitative estimate of drug-likeness (QED) is 0.789. The van der Waals surface area contributed by atoms with Gasteiger partial charge in [0.1, 0.15) is 0 Å². The molecule has 1 fully saturated rings. The minimum atomic E-state index is -0.438. The number of nitrogens with zero attached hydrogens (tertiary/aromatic N) is 1. The van der Waals surface area contributed by atoms with Crippen LogP contribution in [0.1, 0.15) is 39.0 Å². The van der Waals surface area contributed by atoms with Crippen molar-refractivity contribution in [3.8, 4) is 0 Å². The molecule has 1 aliphatic rings. The van der Waals surface area contributed by atoms with Crippen LogP contribution in [0.3, 0.4) is 0 Å². The minimum absolute atomic E-state index is 0.207. The monoisotopic (exact) mass is 291 g/mol. The fourth-order valence-corrected chi connectivity index (χ4v) is 2.49. The van der Waals surface area contributed by atoms with Gasteiger partial charge in [0.05, 0.1) is 6.10 Å². The van der Waals surface area contributed by atoms with Gasteiger partial charge < -0.3 is 10.0 Å². The second-order valence-electron chi connectivity index (χ2n) is 4.63. The molecule has 0 aromatic rings. The van der Waals surface area contributed by atoms with Crippen LogP contribution < -0.4 is 0 Å². The maximum Gasteiger partial charge on any atom is 0.222 e. The Balaban J connectivity index is 2.44. The van der Waals surface area contributed by atoms with Crippen LogP contribution in [0, 0.1) is 5.92 Å². The van der Waals surface area contributed by atoms with Crippen molar-refractivity contribution in [3.63, 3.8) is 0 Å². The van der Waals surface area contributed by atoms with E-state index >= 15 is 0 Å². The first kappa shape index (κ1) is 14.0. The highest BCUT2D eigenvalue weighted by atomic mass is 79.9. The standard InChI is InChI=1S/C12H22BrNO2/c1-2-3-10-4-5-12(16)14(7-6-10)9-11(15)8-13/h10-11,15H,2-9H2,1H3. The second-order valence-corrected chi connectivity index (χ2v) is 5.28. The fourth-order valence-electron chi connectivity index (χ4n) is 2.29. The van der Waals surface area contributed by atoms with E-state index in [0.29, 0.717) is 24.2 Å². The van der Waals surface area contributed by atoms with E-state index in [1.807, 2.05) is 4.90 Å². The molecule has 2 atom stereocenters. The summed E-state index contributed by atoms with van der Waals surface area (Å²) in [5.74, 6) is 0.902. The maximum absolute atomic E-state index is 11.8. The van der Waals surface area contributed by atoms with Gasteiger partial charge in [-0.3, -0.25) is 4.79 Å². The molecule has 94 valence electrons. The molecule has 0 aliphatic carbocycles. The molecule has 1 heterocycles. The molecule has 16 heavy (non-hydrogen) atoms. The van der Waals surface area contributed by atoms with E-state index in [1.165, 1.54) is 12.8 Å². The third-order valence-corrected chi connectivity index (χ3v) is 3.98. The first-order valence-corrected chi connectivity index (χ1v) is 7.31. The molecule has 4 heteroatoms. The summed E-state index contributed by atoms with van der Waals surface area (Å²) in [7, 11) is 0. The summed E-state index contributed by atoms with van der Waals surface area (Å²) in [5.41, 5.74) is 0. The molecule has 0 aromatic carbocycles. The van der Waals surface area contributed by atoms with E-state index in [4.69, 9.17) is 0 Å². The summed E-state index contributed by atoms with van der Waals surface area (Å²) in [5, 5.41) is 10.1. The third kappa shape index (κ3) is 4.42. The number of hydrogen-bond acceptors (Lipinski definition) is 2. The van der Waals surface area contributed by atoms with Crippen LogP contribution in [0.4, 0.5) is 0 Å². The molecule has 1 amide bonds. The Bertz CT molecular complexity index is 223. The van der Waals surface area contributed by atoms with Crippen LogP contribution in [0.15, 0.2) is 0 Å². The second kappa shape index (κ2) is 7.28. The number of likely N-dealkylation sites (tertiary alicyclic amines) is 1. The van der Waals surface area contributed by atoms with E-state index in [0.717, 1.165) is 19.4 Å². The summed E-state index contributed by atoms with van der Waals surface area (Å²) in [4.78, 5) is 13.6. The number of rotatable bonds is 5. The Morgan fingerprint density at radius 3 is 2.94 bits per heavy atom. The maximum atomic E-state index is 11.8. The fraction of sp³-hybridized carbons (Fsp3) is 0.917.